The van der Waals surface area contributed by atoms with Crippen LogP contribution in [0.1, 0.15) is 348 Å². The Morgan fingerprint density at radius 2 is 0.676 bits per heavy atom. The molecule has 0 aliphatic carbocycles. The highest BCUT2D eigenvalue weighted by Gasteiger charge is 2.18. The summed E-state index contributed by atoms with van der Waals surface area (Å²) in [7, 11) is 0. The van der Waals surface area contributed by atoms with Crippen molar-refractivity contribution >= 4 is 11.9 Å². The molecule has 0 saturated heterocycles. The van der Waals surface area contributed by atoms with E-state index in [9.17, 15) is 19.8 Å². The number of unbranched alkanes of at least 4 members (excludes halogenated alkanes) is 44. The molecule has 0 aromatic carbocycles. The molecule has 0 aromatic rings. The SMILES string of the molecule is CCCCCC/C=C\C/C=C\CCCCCCCC(=O)OCCCCCCCCCCCCCC/C=C\CCCCCCCCCCCCCCCCCC(=O)NC(CO)C(O)/C=C/CCCCCCCCCC. The molecular formula is C68H127NO5. The van der Waals surface area contributed by atoms with Crippen LogP contribution >= 0.6 is 0 Å². The summed E-state index contributed by atoms with van der Waals surface area (Å²) in [6, 6.07) is -0.625. The molecule has 0 spiro atoms. The van der Waals surface area contributed by atoms with Crippen LogP contribution in [0.2, 0.25) is 0 Å². The molecule has 3 N–H and O–H groups in total. The first-order chi connectivity index (χ1) is 36.5. The molecule has 0 bridgehead atoms. The molecule has 6 heteroatoms. The molecule has 0 aliphatic heterocycles. The molecule has 0 radical (unpaired) electrons. The standard InChI is InChI=1S/C68H127NO5/c1-3-5-7-9-11-13-15-16-17-36-39-42-46-50-54-58-62-68(73)74-63-59-55-51-47-43-40-37-34-32-30-28-26-24-22-20-18-19-21-23-25-27-29-31-33-35-38-41-45-49-53-57-61-67(72)69-65(64-70)66(71)60-56-52-48-44-14-12-10-8-6-4-2/h13,15,17,20,22,36,56,60,65-66,70-71H,3-12,14,16,18-19,21,23-35,37-55,57-59,61-64H2,1-2H3,(H,69,72)/b15-13-,22-20-,36-17-,60-56+. The molecule has 0 heterocycles. The second-order valence-corrected chi connectivity index (χ2v) is 22.4. The molecule has 0 saturated carbocycles. The van der Waals surface area contributed by atoms with Gasteiger partial charge >= 0.3 is 5.97 Å². The van der Waals surface area contributed by atoms with Crippen molar-refractivity contribution in [2.24, 2.45) is 0 Å². The van der Waals surface area contributed by atoms with Crippen molar-refractivity contribution in [2.75, 3.05) is 13.2 Å². The summed E-state index contributed by atoms with van der Waals surface area (Å²) in [5.74, 6) is -0.0638. The van der Waals surface area contributed by atoms with E-state index in [-0.39, 0.29) is 18.5 Å². The third kappa shape index (κ3) is 59.1. The minimum atomic E-state index is -0.841. The Morgan fingerprint density at radius 1 is 0.378 bits per heavy atom. The van der Waals surface area contributed by atoms with Crippen LogP contribution in [0.15, 0.2) is 48.6 Å². The maximum atomic E-state index is 12.4. The summed E-state index contributed by atoms with van der Waals surface area (Å²) in [6.45, 7) is 4.87. The van der Waals surface area contributed by atoms with Crippen molar-refractivity contribution in [1.29, 1.82) is 0 Å². The molecule has 0 fully saturated rings. The fourth-order valence-electron chi connectivity index (χ4n) is 10.0. The maximum absolute atomic E-state index is 12.4. The largest absolute Gasteiger partial charge is 0.466 e. The van der Waals surface area contributed by atoms with Crippen LogP contribution in [-0.4, -0.2) is 47.4 Å². The number of aliphatic hydroxyl groups excluding tert-OH is 2. The highest BCUT2D eigenvalue weighted by Crippen LogP contribution is 2.17. The molecule has 6 nitrogen and oxygen atoms in total. The maximum Gasteiger partial charge on any atom is 0.305 e. The Bertz CT molecular complexity index is 1240. The second kappa shape index (κ2) is 63.4. The number of allylic oxidation sites excluding steroid dienone is 7. The van der Waals surface area contributed by atoms with E-state index in [1.807, 2.05) is 6.08 Å². The smallest absolute Gasteiger partial charge is 0.305 e. The highest BCUT2D eigenvalue weighted by molar-refractivity contribution is 5.76. The van der Waals surface area contributed by atoms with Crippen LogP contribution in [0.3, 0.4) is 0 Å². The topological polar surface area (TPSA) is 95.9 Å². The summed E-state index contributed by atoms with van der Waals surface area (Å²) >= 11 is 0. The average Bonchev–Trinajstić information content (AvgIpc) is 3.40. The summed E-state index contributed by atoms with van der Waals surface area (Å²) in [6.07, 6.45) is 81.8. The van der Waals surface area contributed by atoms with Crippen LogP contribution in [0.5, 0.6) is 0 Å². The van der Waals surface area contributed by atoms with Crippen molar-refractivity contribution in [1.82, 2.24) is 5.32 Å². The number of carbonyl (C=O) groups excluding carboxylic acids is 2. The highest BCUT2D eigenvalue weighted by atomic mass is 16.5. The van der Waals surface area contributed by atoms with Crippen molar-refractivity contribution in [3.8, 4) is 0 Å². The quantitative estimate of drug-likeness (QED) is 0.0320. The van der Waals surface area contributed by atoms with Crippen LogP contribution in [0, 0.1) is 0 Å². The summed E-state index contributed by atoms with van der Waals surface area (Å²) in [4.78, 5) is 24.5. The fraction of sp³-hybridized carbons (Fsp3) is 0.853. The first-order valence-electron chi connectivity index (χ1n) is 32.9. The normalized spacial score (nSPS) is 12.9. The van der Waals surface area contributed by atoms with Gasteiger partial charge in [0.05, 0.1) is 25.4 Å². The van der Waals surface area contributed by atoms with E-state index < -0.39 is 12.1 Å². The predicted molar refractivity (Wildman–Crippen MR) is 324 cm³/mol. The van der Waals surface area contributed by atoms with Gasteiger partial charge in [0.2, 0.25) is 5.91 Å². The number of rotatable bonds is 61. The van der Waals surface area contributed by atoms with Gasteiger partial charge in [0.1, 0.15) is 0 Å². The number of hydrogen-bond donors (Lipinski definition) is 3. The van der Waals surface area contributed by atoms with Crippen molar-refractivity contribution < 1.29 is 24.5 Å². The number of ether oxygens (including phenoxy) is 1. The first-order valence-corrected chi connectivity index (χ1v) is 32.9. The zero-order chi connectivity index (χ0) is 53.6. The number of hydrogen-bond acceptors (Lipinski definition) is 5. The fourth-order valence-corrected chi connectivity index (χ4v) is 10.0. The Morgan fingerprint density at radius 3 is 1.05 bits per heavy atom. The minimum absolute atomic E-state index is 0.00363. The van der Waals surface area contributed by atoms with Gasteiger partial charge in [-0.05, 0) is 89.9 Å². The molecule has 1 amide bonds. The number of carbonyl (C=O) groups is 2. The van der Waals surface area contributed by atoms with Crippen LogP contribution in [0.4, 0.5) is 0 Å². The third-order valence-electron chi connectivity index (χ3n) is 15.1. The summed E-state index contributed by atoms with van der Waals surface area (Å²) < 4.78 is 5.49. The molecule has 2 atom stereocenters. The van der Waals surface area contributed by atoms with E-state index >= 15 is 0 Å². The van der Waals surface area contributed by atoms with Crippen molar-refractivity contribution in [2.45, 2.75) is 360 Å². The molecule has 0 rings (SSSR count). The summed E-state index contributed by atoms with van der Waals surface area (Å²) in [5.41, 5.74) is 0. The van der Waals surface area contributed by atoms with Crippen molar-refractivity contribution in [3.05, 3.63) is 48.6 Å². The zero-order valence-electron chi connectivity index (χ0n) is 49.6. The van der Waals surface area contributed by atoms with E-state index in [1.54, 1.807) is 6.08 Å². The average molecular weight is 1040 g/mol. The van der Waals surface area contributed by atoms with Gasteiger partial charge in [-0.25, -0.2) is 0 Å². The lowest BCUT2D eigenvalue weighted by molar-refractivity contribution is -0.143. The molecule has 434 valence electrons. The van der Waals surface area contributed by atoms with Gasteiger partial charge in [0, 0.05) is 12.8 Å². The van der Waals surface area contributed by atoms with Gasteiger partial charge < -0.3 is 20.3 Å². The van der Waals surface area contributed by atoms with E-state index in [2.05, 4.69) is 55.6 Å². The zero-order valence-corrected chi connectivity index (χ0v) is 49.6. The van der Waals surface area contributed by atoms with Gasteiger partial charge in [0.15, 0.2) is 0 Å². The number of amides is 1. The van der Waals surface area contributed by atoms with E-state index in [4.69, 9.17) is 4.74 Å². The van der Waals surface area contributed by atoms with E-state index in [0.29, 0.717) is 19.4 Å². The number of aliphatic hydroxyl groups is 2. The first kappa shape index (κ1) is 71.8. The van der Waals surface area contributed by atoms with E-state index in [1.165, 1.54) is 270 Å². The van der Waals surface area contributed by atoms with Gasteiger partial charge in [0.25, 0.3) is 0 Å². The Hall–Kier alpha value is -2.18. The molecule has 0 aliphatic rings. The number of esters is 1. The van der Waals surface area contributed by atoms with Crippen LogP contribution < -0.4 is 5.32 Å². The lowest BCUT2D eigenvalue weighted by Gasteiger charge is -2.20. The molecule has 74 heavy (non-hydrogen) atoms. The lowest BCUT2D eigenvalue weighted by Crippen LogP contribution is -2.45. The molecular weight excluding hydrogens is 911 g/mol. The van der Waals surface area contributed by atoms with Crippen LogP contribution in [-0.2, 0) is 14.3 Å². The van der Waals surface area contributed by atoms with Gasteiger partial charge in [-0.15, -0.1) is 0 Å². The van der Waals surface area contributed by atoms with Gasteiger partial charge in [-0.2, -0.15) is 0 Å². The minimum Gasteiger partial charge on any atom is -0.466 e. The van der Waals surface area contributed by atoms with E-state index in [0.717, 1.165) is 51.4 Å². The lowest BCUT2D eigenvalue weighted by atomic mass is 10.0. The monoisotopic (exact) mass is 1040 g/mol. The van der Waals surface area contributed by atoms with Gasteiger partial charge in [-0.3, -0.25) is 9.59 Å². The molecule has 2 unspecified atom stereocenters. The Balaban J connectivity index is 3.35. The Labute approximate surface area is 461 Å². The van der Waals surface area contributed by atoms with Crippen LogP contribution in [0.25, 0.3) is 0 Å². The molecule has 0 aromatic heterocycles. The Kier molecular flexibility index (Phi) is 61.5. The number of nitrogens with one attached hydrogen (secondary N) is 1. The van der Waals surface area contributed by atoms with Crippen molar-refractivity contribution in [3.63, 3.8) is 0 Å². The third-order valence-corrected chi connectivity index (χ3v) is 15.1. The predicted octanol–water partition coefficient (Wildman–Crippen LogP) is 20.9. The summed E-state index contributed by atoms with van der Waals surface area (Å²) in [5, 5.41) is 23.0. The second-order valence-electron chi connectivity index (χ2n) is 22.4. The van der Waals surface area contributed by atoms with Gasteiger partial charge in [-0.1, -0.05) is 294 Å².